The summed E-state index contributed by atoms with van der Waals surface area (Å²) in [5, 5.41) is 3.41. The van der Waals surface area contributed by atoms with Gasteiger partial charge in [0.25, 0.3) is 0 Å². The van der Waals surface area contributed by atoms with E-state index >= 15 is 0 Å². The van der Waals surface area contributed by atoms with Crippen LogP contribution in [0.15, 0.2) is 18.2 Å². The summed E-state index contributed by atoms with van der Waals surface area (Å²) in [5.74, 6) is -1.83. The summed E-state index contributed by atoms with van der Waals surface area (Å²) < 4.78 is 52.4. The highest BCUT2D eigenvalue weighted by atomic mass is 35.5. The number of hydrogen-bond acceptors (Lipinski definition) is 2. The minimum Gasteiger partial charge on any atom is -0.311 e. The molecule has 0 radical (unpaired) electrons. The lowest BCUT2D eigenvalue weighted by Gasteiger charge is -2.50. The molecule has 0 bridgehead atoms. The largest absolute Gasteiger partial charge is 0.391 e. The molecule has 1 N–H and O–H groups in total. The minimum absolute atomic E-state index is 0.0185. The first-order chi connectivity index (χ1) is 11.7. The van der Waals surface area contributed by atoms with Crippen molar-refractivity contribution in [3.8, 4) is 0 Å². The molecule has 140 valence electrons. The van der Waals surface area contributed by atoms with Gasteiger partial charge in [0.1, 0.15) is 5.82 Å². The van der Waals surface area contributed by atoms with Crippen molar-refractivity contribution in [1.29, 1.82) is 0 Å². The predicted octanol–water partition coefficient (Wildman–Crippen LogP) is 4.79. The van der Waals surface area contributed by atoms with Gasteiger partial charge in [0, 0.05) is 31.2 Å². The highest BCUT2D eigenvalue weighted by Gasteiger charge is 2.51. The average Bonchev–Trinajstić information content (AvgIpc) is 2.47. The van der Waals surface area contributed by atoms with Gasteiger partial charge in [-0.3, -0.25) is 4.90 Å². The van der Waals surface area contributed by atoms with Crippen molar-refractivity contribution in [2.24, 2.45) is 11.8 Å². The molecule has 1 heterocycles. The third-order valence-electron chi connectivity index (χ3n) is 5.54. The van der Waals surface area contributed by atoms with Crippen molar-refractivity contribution >= 4 is 11.6 Å². The van der Waals surface area contributed by atoms with Gasteiger partial charge in [-0.15, -0.1) is 0 Å². The van der Waals surface area contributed by atoms with Gasteiger partial charge in [-0.25, -0.2) is 4.39 Å². The number of alkyl halides is 3. The van der Waals surface area contributed by atoms with Crippen molar-refractivity contribution in [2.45, 2.75) is 51.0 Å². The predicted molar refractivity (Wildman–Crippen MR) is 90.1 cm³/mol. The number of nitrogens with one attached hydrogen (secondary N) is 1. The maximum Gasteiger partial charge on any atom is 0.391 e. The van der Waals surface area contributed by atoms with Gasteiger partial charge in [-0.1, -0.05) is 17.7 Å². The van der Waals surface area contributed by atoms with Crippen molar-refractivity contribution in [3.63, 3.8) is 0 Å². The Morgan fingerprint density at radius 2 is 1.92 bits per heavy atom. The van der Waals surface area contributed by atoms with Crippen molar-refractivity contribution in [3.05, 3.63) is 34.6 Å². The normalized spacial score (nSPS) is 32.3. The second-order valence-electron chi connectivity index (χ2n) is 7.44. The Balaban J connectivity index is 1.88. The first-order valence-electron chi connectivity index (χ1n) is 8.67. The molecule has 2 nitrogen and oxygen atoms in total. The van der Waals surface area contributed by atoms with Gasteiger partial charge in [0.05, 0.1) is 10.9 Å². The van der Waals surface area contributed by atoms with Crippen LogP contribution in [0, 0.1) is 17.7 Å². The zero-order valence-electron chi connectivity index (χ0n) is 14.3. The average molecular weight is 379 g/mol. The maximum atomic E-state index is 13.6. The van der Waals surface area contributed by atoms with E-state index < -0.39 is 17.9 Å². The fraction of sp³-hybridized carbons (Fsp3) is 0.667. The van der Waals surface area contributed by atoms with Crippen LogP contribution in [0.3, 0.4) is 0 Å². The van der Waals surface area contributed by atoms with E-state index in [0.717, 1.165) is 18.7 Å². The number of rotatable bonds is 3. The summed E-state index contributed by atoms with van der Waals surface area (Å²) >= 11 is 5.94. The molecule has 1 saturated carbocycles. The van der Waals surface area contributed by atoms with E-state index in [1.807, 2.05) is 0 Å². The molecule has 1 unspecified atom stereocenters. The molecule has 0 aromatic heterocycles. The van der Waals surface area contributed by atoms with Gasteiger partial charge < -0.3 is 5.32 Å². The van der Waals surface area contributed by atoms with Crippen LogP contribution in [0.5, 0.6) is 0 Å². The second kappa shape index (κ2) is 7.05. The Bertz CT molecular complexity index is 616. The van der Waals surface area contributed by atoms with E-state index in [2.05, 4.69) is 24.1 Å². The fourth-order valence-corrected chi connectivity index (χ4v) is 4.24. The molecule has 3 rings (SSSR count). The number of piperazine rings is 1. The fourth-order valence-electron chi connectivity index (χ4n) is 4.06. The van der Waals surface area contributed by atoms with Crippen LogP contribution in [0.1, 0.15) is 38.3 Å². The molecule has 2 fully saturated rings. The summed E-state index contributed by atoms with van der Waals surface area (Å²) in [4.78, 5) is 2.25. The standard InChI is InChI=1S/C18H23ClF4N2/c1-10-9-25(11(2)8-24-10)17(12-3-4-16(20)15(19)7-12)13-5-14(6-13)18(21,22)23/h3-4,7,10-11,13-14,17,24H,5-6,8-9H2,1-2H3/t10-,11+,13?,14?,17?/m0/s1. The third kappa shape index (κ3) is 3.96. The lowest BCUT2D eigenvalue weighted by Crippen LogP contribution is -2.57. The Hall–Kier alpha value is -0.850. The first kappa shape index (κ1) is 18.9. The van der Waals surface area contributed by atoms with E-state index in [9.17, 15) is 17.6 Å². The number of benzene rings is 1. The van der Waals surface area contributed by atoms with Crippen LogP contribution in [-0.2, 0) is 0 Å². The molecule has 0 amide bonds. The molecule has 1 aromatic rings. The molecule has 2 aliphatic rings. The van der Waals surface area contributed by atoms with Gasteiger partial charge in [0.2, 0.25) is 0 Å². The minimum atomic E-state index is -4.14. The van der Waals surface area contributed by atoms with Crippen LogP contribution in [0.25, 0.3) is 0 Å². The van der Waals surface area contributed by atoms with Crippen molar-refractivity contribution < 1.29 is 17.6 Å². The first-order valence-corrected chi connectivity index (χ1v) is 9.05. The summed E-state index contributed by atoms with van der Waals surface area (Å²) in [5.41, 5.74) is 0.804. The summed E-state index contributed by atoms with van der Waals surface area (Å²) in [6.07, 6.45) is -3.90. The molecular formula is C18H23ClF4N2. The molecule has 25 heavy (non-hydrogen) atoms. The van der Waals surface area contributed by atoms with Crippen LogP contribution in [0.4, 0.5) is 17.6 Å². The van der Waals surface area contributed by atoms with Crippen LogP contribution in [0.2, 0.25) is 5.02 Å². The lowest BCUT2D eigenvalue weighted by molar-refractivity contribution is -0.211. The molecule has 1 aliphatic heterocycles. The summed E-state index contributed by atoms with van der Waals surface area (Å²) in [7, 11) is 0. The Kier molecular flexibility index (Phi) is 5.33. The summed E-state index contributed by atoms with van der Waals surface area (Å²) in [6.45, 7) is 5.65. The SMILES string of the molecule is C[C@@H]1CN[C@@H](C)CN1C(c1ccc(F)c(Cl)c1)C1CC(C(F)(F)F)C1. The van der Waals surface area contributed by atoms with Crippen molar-refractivity contribution in [2.75, 3.05) is 13.1 Å². The molecular weight excluding hydrogens is 356 g/mol. The maximum absolute atomic E-state index is 13.6. The zero-order chi connectivity index (χ0) is 18.4. The second-order valence-corrected chi connectivity index (χ2v) is 7.85. The molecule has 3 atom stereocenters. The third-order valence-corrected chi connectivity index (χ3v) is 5.83. The van der Waals surface area contributed by atoms with Gasteiger partial charge in [0.15, 0.2) is 0 Å². The number of nitrogens with zero attached hydrogens (tertiary/aromatic N) is 1. The van der Waals surface area contributed by atoms with Gasteiger partial charge >= 0.3 is 6.18 Å². The molecule has 1 aliphatic carbocycles. The van der Waals surface area contributed by atoms with Crippen LogP contribution < -0.4 is 5.32 Å². The molecule has 1 aromatic carbocycles. The van der Waals surface area contributed by atoms with Crippen LogP contribution >= 0.6 is 11.6 Å². The molecule has 1 saturated heterocycles. The monoisotopic (exact) mass is 378 g/mol. The number of halogens is 5. The van der Waals surface area contributed by atoms with E-state index in [1.54, 1.807) is 12.1 Å². The molecule has 0 spiro atoms. The molecule has 7 heteroatoms. The Labute approximate surface area is 150 Å². The lowest BCUT2D eigenvalue weighted by atomic mass is 9.68. The quantitative estimate of drug-likeness (QED) is 0.761. The Morgan fingerprint density at radius 3 is 2.52 bits per heavy atom. The van der Waals surface area contributed by atoms with Crippen LogP contribution in [-0.4, -0.2) is 36.2 Å². The van der Waals surface area contributed by atoms with E-state index in [0.29, 0.717) is 0 Å². The van der Waals surface area contributed by atoms with Gasteiger partial charge in [-0.05, 0) is 50.3 Å². The Morgan fingerprint density at radius 1 is 1.24 bits per heavy atom. The van der Waals surface area contributed by atoms with E-state index in [1.165, 1.54) is 6.07 Å². The number of hydrogen-bond donors (Lipinski definition) is 1. The van der Waals surface area contributed by atoms with E-state index in [-0.39, 0.29) is 41.9 Å². The zero-order valence-corrected chi connectivity index (χ0v) is 15.0. The van der Waals surface area contributed by atoms with Gasteiger partial charge in [-0.2, -0.15) is 13.2 Å². The highest BCUT2D eigenvalue weighted by molar-refractivity contribution is 6.30. The summed E-state index contributed by atoms with van der Waals surface area (Å²) in [6, 6.07) is 4.81. The smallest absolute Gasteiger partial charge is 0.311 e. The van der Waals surface area contributed by atoms with E-state index in [4.69, 9.17) is 11.6 Å². The highest BCUT2D eigenvalue weighted by Crippen LogP contribution is 2.51. The topological polar surface area (TPSA) is 15.3 Å². The van der Waals surface area contributed by atoms with Crippen molar-refractivity contribution in [1.82, 2.24) is 10.2 Å².